The molecule has 1 atom stereocenters. The number of carboxylic acids is 1. The first kappa shape index (κ1) is 32.6. The number of hydrogen-bond acceptors (Lipinski definition) is 5. The molecule has 0 saturated heterocycles. The molecule has 1 aromatic heterocycles. The van der Waals surface area contributed by atoms with Crippen molar-refractivity contribution in [1.82, 2.24) is 4.57 Å². The Morgan fingerprint density at radius 2 is 1.76 bits per heavy atom. The lowest BCUT2D eigenvalue weighted by molar-refractivity contribution is -0.146. The summed E-state index contributed by atoms with van der Waals surface area (Å²) in [6.07, 6.45) is 0.652. The number of carboxylic acid groups (broad SMARTS) is 1. The van der Waals surface area contributed by atoms with E-state index in [4.69, 9.17) is 16.3 Å². The van der Waals surface area contributed by atoms with Crippen molar-refractivity contribution < 1.29 is 27.9 Å². The van der Waals surface area contributed by atoms with Crippen molar-refractivity contribution in [3.63, 3.8) is 0 Å². The van der Waals surface area contributed by atoms with E-state index in [-0.39, 0.29) is 41.5 Å². The van der Waals surface area contributed by atoms with Gasteiger partial charge in [-0.25, -0.2) is 8.42 Å². The lowest BCUT2D eigenvalue weighted by Gasteiger charge is -2.24. The highest BCUT2D eigenvalue weighted by atomic mass is 35.5. The number of rotatable bonds is 11. The minimum Gasteiger partial charge on any atom is -0.491 e. The number of amides is 1. The van der Waals surface area contributed by atoms with Crippen LogP contribution >= 0.6 is 11.6 Å². The zero-order valence-electron chi connectivity index (χ0n) is 26.2. The molecule has 2 heterocycles. The molecule has 0 bridgehead atoms. The molecule has 5 rings (SSSR count). The molecular formula is C35H39ClN2O6S. The van der Waals surface area contributed by atoms with Gasteiger partial charge in [-0.1, -0.05) is 55.8 Å². The number of anilines is 1. The summed E-state index contributed by atoms with van der Waals surface area (Å²) >= 11 is 6.14. The number of hydrogen-bond donors (Lipinski definition) is 1. The van der Waals surface area contributed by atoms with Crippen LogP contribution in [-0.4, -0.2) is 48.4 Å². The Labute approximate surface area is 269 Å². The van der Waals surface area contributed by atoms with E-state index >= 15 is 0 Å². The molecule has 45 heavy (non-hydrogen) atoms. The third kappa shape index (κ3) is 6.75. The molecular weight excluding hydrogens is 612 g/mol. The highest BCUT2D eigenvalue weighted by Crippen LogP contribution is 2.39. The molecule has 1 aliphatic rings. The molecule has 0 aliphatic carbocycles. The lowest BCUT2D eigenvalue weighted by Crippen LogP contribution is -2.40. The molecule has 0 spiro atoms. The summed E-state index contributed by atoms with van der Waals surface area (Å²) in [6.45, 7) is 8.99. The van der Waals surface area contributed by atoms with E-state index in [0.29, 0.717) is 40.3 Å². The number of aliphatic carboxylic acids is 1. The number of aromatic nitrogens is 1. The van der Waals surface area contributed by atoms with Crippen LogP contribution in [0.3, 0.4) is 0 Å². The van der Waals surface area contributed by atoms with Gasteiger partial charge in [0.2, 0.25) is 5.91 Å². The SMILES string of the molecule is CC(=O)N1c2ccccc2C[C@H]1COc1ccc2c(c1)c(S(=O)(=O)CC(C)C)c(CC(C)(C)C(=O)O)n2Cc1ccc(Cl)cc1. The smallest absolute Gasteiger partial charge is 0.309 e. The normalized spacial score (nSPS) is 15.1. The predicted octanol–water partition coefficient (Wildman–Crippen LogP) is 6.78. The van der Waals surface area contributed by atoms with E-state index in [1.54, 1.807) is 43.0 Å². The summed E-state index contributed by atoms with van der Waals surface area (Å²) in [6, 6.07) is 20.2. The van der Waals surface area contributed by atoms with Crippen LogP contribution in [0.2, 0.25) is 5.02 Å². The third-order valence-electron chi connectivity index (χ3n) is 8.25. The van der Waals surface area contributed by atoms with Gasteiger partial charge in [0, 0.05) is 41.7 Å². The number of carbonyl (C=O) groups is 2. The third-order valence-corrected chi connectivity index (χ3v) is 10.7. The van der Waals surface area contributed by atoms with Crippen molar-refractivity contribution in [2.75, 3.05) is 17.3 Å². The number of ether oxygens (including phenoxy) is 1. The van der Waals surface area contributed by atoms with Gasteiger partial charge in [-0.05, 0) is 73.7 Å². The minimum absolute atomic E-state index is 0.00135. The van der Waals surface area contributed by atoms with Gasteiger partial charge in [-0.3, -0.25) is 9.59 Å². The molecule has 0 fully saturated rings. The Bertz CT molecular complexity index is 1860. The second-order valence-corrected chi connectivity index (χ2v) is 15.3. The van der Waals surface area contributed by atoms with Gasteiger partial charge < -0.3 is 19.3 Å². The fourth-order valence-corrected chi connectivity index (χ4v) is 8.36. The van der Waals surface area contributed by atoms with Crippen LogP contribution in [-0.2, 0) is 38.8 Å². The topological polar surface area (TPSA) is 106 Å². The molecule has 1 amide bonds. The minimum atomic E-state index is -3.84. The highest BCUT2D eigenvalue weighted by molar-refractivity contribution is 7.91. The van der Waals surface area contributed by atoms with E-state index < -0.39 is 21.2 Å². The first-order chi connectivity index (χ1) is 21.2. The van der Waals surface area contributed by atoms with Crippen LogP contribution in [0, 0.1) is 11.3 Å². The number of halogens is 1. The maximum atomic E-state index is 14.1. The Morgan fingerprint density at radius 1 is 1.07 bits per heavy atom. The number of benzene rings is 3. The van der Waals surface area contributed by atoms with E-state index in [1.807, 2.05) is 60.9 Å². The number of fused-ring (bicyclic) bond motifs is 2. The summed E-state index contributed by atoms with van der Waals surface area (Å²) in [4.78, 5) is 26.7. The van der Waals surface area contributed by atoms with Crippen LogP contribution < -0.4 is 9.64 Å². The molecule has 3 aromatic carbocycles. The first-order valence-electron chi connectivity index (χ1n) is 15.0. The number of para-hydroxylation sites is 1. The van der Waals surface area contributed by atoms with Crippen LogP contribution in [0.5, 0.6) is 5.75 Å². The Balaban J connectivity index is 1.62. The van der Waals surface area contributed by atoms with Crippen molar-refractivity contribution >= 4 is 49.9 Å². The van der Waals surface area contributed by atoms with Crippen molar-refractivity contribution in [2.24, 2.45) is 11.3 Å². The van der Waals surface area contributed by atoms with Crippen molar-refractivity contribution in [2.45, 2.75) is 64.9 Å². The molecule has 238 valence electrons. The van der Waals surface area contributed by atoms with Crippen LogP contribution in [0.15, 0.2) is 71.6 Å². The second kappa shape index (κ2) is 12.5. The number of carbonyl (C=O) groups excluding carboxylic acids is 1. The molecule has 10 heteroatoms. The lowest BCUT2D eigenvalue weighted by atomic mass is 9.88. The van der Waals surface area contributed by atoms with E-state index in [1.165, 1.54) is 6.92 Å². The summed E-state index contributed by atoms with van der Waals surface area (Å²) in [5, 5.41) is 11.1. The predicted molar refractivity (Wildman–Crippen MR) is 177 cm³/mol. The maximum absolute atomic E-state index is 14.1. The molecule has 8 nitrogen and oxygen atoms in total. The summed E-state index contributed by atoms with van der Waals surface area (Å²) < 4.78 is 36.4. The van der Waals surface area contributed by atoms with Crippen LogP contribution in [0.25, 0.3) is 10.9 Å². The largest absolute Gasteiger partial charge is 0.491 e. The van der Waals surface area contributed by atoms with E-state index in [9.17, 15) is 23.1 Å². The number of nitrogens with zero attached hydrogens (tertiary/aromatic N) is 2. The Hall–Kier alpha value is -3.82. The van der Waals surface area contributed by atoms with Crippen molar-refractivity contribution in [3.8, 4) is 5.75 Å². The average molecular weight is 651 g/mol. The molecule has 1 aliphatic heterocycles. The summed E-state index contributed by atoms with van der Waals surface area (Å²) in [5.41, 5.74) is 2.71. The standard InChI is InChI=1S/C35H39ClN2O6S/c1-22(2)21-45(42,43)33-29-17-28(44-20-27-16-25-8-6-7-9-30(25)38(27)23(3)39)14-15-31(29)37(19-24-10-12-26(36)13-11-24)32(33)18-35(4,5)34(40)41/h6-15,17,22,27H,16,18-21H2,1-5H3,(H,40,41)/t27-/m0/s1. The van der Waals surface area contributed by atoms with Gasteiger partial charge in [0.15, 0.2) is 9.84 Å². The van der Waals surface area contributed by atoms with Crippen LogP contribution in [0.1, 0.15) is 51.4 Å². The number of sulfone groups is 1. The fraction of sp³-hybridized carbons (Fsp3) is 0.371. The first-order valence-corrected chi connectivity index (χ1v) is 17.1. The van der Waals surface area contributed by atoms with Crippen molar-refractivity contribution in [3.05, 3.63) is 88.6 Å². The molecule has 0 radical (unpaired) electrons. The van der Waals surface area contributed by atoms with Gasteiger partial charge in [-0.15, -0.1) is 0 Å². The molecule has 1 N–H and O–H groups in total. The maximum Gasteiger partial charge on any atom is 0.309 e. The molecule has 0 unspecified atom stereocenters. The van der Waals surface area contributed by atoms with Gasteiger partial charge in [0.1, 0.15) is 12.4 Å². The zero-order valence-corrected chi connectivity index (χ0v) is 27.8. The van der Waals surface area contributed by atoms with E-state index in [0.717, 1.165) is 16.8 Å². The second-order valence-electron chi connectivity index (χ2n) is 12.9. The quantitative estimate of drug-likeness (QED) is 0.192. The Kier molecular flexibility index (Phi) is 9.06. The molecule has 0 saturated carbocycles. The van der Waals surface area contributed by atoms with Crippen molar-refractivity contribution in [1.29, 1.82) is 0 Å². The molecule has 4 aromatic rings. The van der Waals surface area contributed by atoms with Gasteiger partial charge >= 0.3 is 5.97 Å². The summed E-state index contributed by atoms with van der Waals surface area (Å²) in [7, 11) is -3.84. The summed E-state index contributed by atoms with van der Waals surface area (Å²) in [5.74, 6) is -0.862. The van der Waals surface area contributed by atoms with Gasteiger partial charge in [0.05, 0.1) is 27.6 Å². The highest BCUT2D eigenvalue weighted by Gasteiger charge is 2.36. The van der Waals surface area contributed by atoms with Gasteiger partial charge in [0.25, 0.3) is 0 Å². The average Bonchev–Trinajstić information content (AvgIpc) is 3.47. The van der Waals surface area contributed by atoms with Gasteiger partial charge in [-0.2, -0.15) is 0 Å². The Morgan fingerprint density at radius 3 is 2.40 bits per heavy atom. The fourth-order valence-electron chi connectivity index (χ4n) is 6.15. The zero-order chi connectivity index (χ0) is 32.7. The van der Waals surface area contributed by atoms with Crippen LogP contribution in [0.4, 0.5) is 5.69 Å². The van der Waals surface area contributed by atoms with E-state index in [2.05, 4.69) is 0 Å². The monoisotopic (exact) mass is 650 g/mol.